The second-order valence-corrected chi connectivity index (χ2v) is 12.7. The average Bonchev–Trinajstić information content (AvgIpc) is 3.21. The van der Waals surface area contributed by atoms with Crippen molar-refractivity contribution >= 4 is 29.1 Å². The summed E-state index contributed by atoms with van der Waals surface area (Å²) < 4.78 is 0. The van der Waals surface area contributed by atoms with Gasteiger partial charge in [-0.25, -0.2) is 9.97 Å². The number of nitrogens with zero attached hydrogens (tertiary/aromatic N) is 5. The van der Waals surface area contributed by atoms with Gasteiger partial charge in [-0.3, -0.25) is 9.97 Å². The first-order chi connectivity index (χ1) is 24.8. The maximum absolute atomic E-state index is 5.07. The molecule has 0 radical (unpaired) electrons. The Morgan fingerprint density at radius 2 is 0.840 bits per heavy atom. The van der Waals surface area contributed by atoms with Crippen molar-refractivity contribution in [3.8, 4) is 67.3 Å². The Kier molecular flexibility index (Phi) is 6.52. The molecule has 8 aromatic rings. The number of hydrogen-bond acceptors (Lipinski definition) is 5. The van der Waals surface area contributed by atoms with Gasteiger partial charge in [-0.1, -0.05) is 72.8 Å². The van der Waals surface area contributed by atoms with Gasteiger partial charge in [0, 0.05) is 69.5 Å². The van der Waals surface area contributed by atoms with Crippen LogP contribution in [0, 0.1) is 0 Å². The van der Waals surface area contributed by atoms with Crippen LogP contribution in [0.25, 0.3) is 67.3 Å². The van der Waals surface area contributed by atoms with Crippen molar-refractivity contribution in [3.05, 3.63) is 170 Å². The molecule has 0 aliphatic carbocycles. The van der Waals surface area contributed by atoms with E-state index in [-0.39, 0.29) is 6.85 Å². The minimum Gasteiger partial charge on any atom is -0.376 e. The van der Waals surface area contributed by atoms with Crippen molar-refractivity contribution in [1.82, 2.24) is 19.9 Å². The molecule has 0 saturated carbocycles. The lowest BCUT2D eigenvalue weighted by molar-refractivity contribution is 1.27. The minimum atomic E-state index is 0.0400. The first-order valence-corrected chi connectivity index (χ1v) is 16.8. The van der Waals surface area contributed by atoms with Gasteiger partial charge in [0.05, 0.1) is 22.8 Å². The number of fused-ring (bicyclic) bond motifs is 11. The lowest BCUT2D eigenvalue weighted by atomic mass is 9.43. The van der Waals surface area contributed by atoms with Gasteiger partial charge in [-0.05, 0) is 94.8 Å². The maximum atomic E-state index is 5.07. The molecule has 4 aromatic carbocycles. The van der Waals surface area contributed by atoms with Gasteiger partial charge in [-0.2, -0.15) is 0 Å². The summed E-state index contributed by atoms with van der Waals surface area (Å²) in [5.41, 5.74) is 17.7. The maximum Gasteiger partial charge on any atom is 0.329 e. The zero-order valence-corrected chi connectivity index (χ0v) is 27.0. The van der Waals surface area contributed by atoms with Crippen LogP contribution in [0.1, 0.15) is 0 Å². The molecule has 232 valence electrons. The highest BCUT2D eigenvalue weighted by atomic mass is 15.1. The summed E-state index contributed by atoms with van der Waals surface area (Å²) in [5.74, 6) is 0. The predicted molar refractivity (Wildman–Crippen MR) is 204 cm³/mol. The van der Waals surface area contributed by atoms with Crippen LogP contribution < -0.4 is 15.7 Å². The third-order valence-electron chi connectivity index (χ3n) is 9.87. The topological polar surface area (TPSA) is 54.8 Å². The summed E-state index contributed by atoms with van der Waals surface area (Å²) >= 11 is 0. The summed E-state index contributed by atoms with van der Waals surface area (Å²) in [5, 5.41) is 0. The lowest BCUT2D eigenvalue weighted by Crippen LogP contribution is -2.59. The molecular weight excluding hydrogens is 609 g/mol. The molecule has 0 spiro atoms. The van der Waals surface area contributed by atoms with Crippen LogP contribution in [0.3, 0.4) is 0 Å². The third kappa shape index (κ3) is 4.57. The summed E-state index contributed by atoms with van der Waals surface area (Å²) in [7, 11) is 0. The summed E-state index contributed by atoms with van der Waals surface area (Å²) in [6.07, 6.45) is 7.30. The SMILES string of the molecule is c1cncc(-c2cccc(-c3ccc4c(c3)-c3ccccc3B3c5ccccc5-c5cc(-c6cccc(-c7cccnc7)n6)ccc5N34)n2)c1. The van der Waals surface area contributed by atoms with Crippen molar-refractivity contribution < 1.29 is 0 Å². The van der Waals surface area contributed by atoms with Gasteiger partial charge in [0.2, 0.25) is 0 Å². The second-order valence-electron chi connectivity index (χ2n) is 12.7. The predicted octanol–water partition coefficient (Wildman–Crippen LogP) is 8.84. The zero-order chi connectivity index (χ0) is 33.0. The van der Waals surface area contributed by atoms with Gasteiger partial charge < -0.3 is 4.81 Å². The van der Waals surface area contributed by atoms with E-state index in [0.29, 0.717) is 0 Å². The number of anilines is 2. The highest BCUT2D eigenvalue weighted by Crippen LogP contribution is 2.47. The van der Waals surface area contributed by atoms with Crippen molar-refractivity contribution in [3.63, 3.8) is 0 Å². The van der Waals surface area contributed by atoms with Crippen molar-refractivity contribution in [2.75, 3.05) is 4.81 Å². The first-order valence-electron chi connectivity index (χ1n) is 16.8. The van der Waals surface area contributed by atoms with E-state index in [9.17, 15) is 0 Å². The Bertz CT molecular complexity index is 2390. The molecule has 0 atom stereocenters. The van der Waals surface area contributed by atoms with Crippen LogP contribution in [-0.4, -0.2) is 26.8 Å². The number of rotatable bonds is 4. The molecule has 0 fully saturated rings. The fourth-order valence-corrected chi connectivity index (χ4v) is 7.60. The van der Waals surface area contributed by atoms with E-state index in [0.717, 1.165) is 45.0 Å². The monoisotopic (exact) mass is 637 g/mol. The molecule has 0 saturated heterocycles. The minimum absolute atomic E-state index is 0.0400. The molecular formula is C44H28BN5. The van der Waals surface area contributed by atoms with E-state index < -0.39 is 0 Å². The molecule has 50 heavy (non-hydrogen) atoms. The number of benzene rings is 4. The first kappa shape index (κ1) is 28.4. The Morgan fingerprint density at radius 1 is 0.380 bits per heavy atom. The molecule has 2 aliphatic heterocycles. The van der Waals surface area contributed by atoms with Gasteiger partial charge in [-0.15, -0.1) is 0 Å². The van der Waals surface area contributed by atoms with E-state index in [1.54, 1.807) is 12.4 Å². The highest BCUT2D eigenvalue weighted by Gasteiger charge is 2.42. The molecule has 0 unspecified atom stereocenters. The van der Waals surface area contributed by atoms with Gasteiger partial charge in [0.15, 0.2) is 0 Å². The van der Waals surface area contributed by atoms with Crippen molar-refractivity contribution in [1.29, 1.82) is 0 Å². The Hall–Kier alpha value is -6.66. The van der Waals surface area contributed by atoms with Gasteiger partial charge in [0.25, 0.3) is 0 Å². The van der Waals surface area contributed by atoms with Crippen LogP contribution in [0.2, 0.25) is 0 Å². The normalized spacial score (nSPS) is 12.3. The van der Waals surface area contributed by atoms with Crippen LogP contribution in [0.4, 0.5) is 11.4 Å². The second kappa shape index (κ2) is 11.5. The molecule has 0 amide bonds. The Balaban J connectivity index is 1.13. The largest absolute Gasteiger partial charge is 0.376 e. The van der Waals surface area contributed by atoms with E-state index in [4.69, 9.17) is 9.97 Å². The summed E-state index contributed by atoms with van der Waals surface area (Å²) in [4.78, 5) is 21.3. The fourth-order valence-electron chi connectivity index (χ4n) is 7.60. The lowest BCUT2D eigenvalue weighted by Gasteiger charge is -2.43. The number of aromatic nitrogens is 4. The van der Waals surface area contributed by atoms with E-state index in [1.165, 1.54) is 44.6 Å². The van der Waals surface area contributed by atoms with Crippen LogP contribution in [0.5, 0.6) is 0 Å². The average molecular weight is 638 g/mol. The Labute approximate surface area is 290 Å². The van der Waals surface area contributed by atoms with Crippen LogP contribution in [0.15, 0.2) is 170 Å². The van der Waals surface area contributed by atoms with E-state index in [1.807, 2.05) is 48.8 Å². The van der Waals surface area contributed by atoms with Crippen molar-refractivity contribution in [2.24, 2.45) is 0 Å². The summed E-state index contributed by atoms with van der Waals surface area (Å²) in [6.45, 7) is 0.0400. The standard InChI is InChI=1S/C44H28BN5/c1-3-13-37-33(11-1)35-25-29(39-15-5-17-41(48-39)31-9-7-23-46-27-31)19-21-43(35)50-44-22-20-30(26-36(44)34-12-2-4-14-38(34)45(37)50)40-16-6-18-42(49-40)32-10-8-24-47-28-32/h1-28H. The summed E-state index contributed by atoms with van der Waals surface area (Å²) in [6, 6.07) is 51.7. The van der Waals surface area contributed by atoms with Gasteiger partial charge >= 0.3 is 6.85 Å². The zero-order valence-electron chi connectivity index (χ0n) is 27.0. The molecule has 0 N–H and O–H groups in total. The highest BCUT2D eigenvalue weighted by molar-refractivity contribution is 6.92. The quantitative estimate of drug-likeness (QED) is 0.181. The molecule has 2 aliphatic rings. The third-order valence-corrected chi connectivity index (χ3v) is 9.87. The molecule has 6 heteroatoms. The van der Waals surface area contributed by atoms with Crippen molar-refractivity contribution in [2.45, 2.75) is 0 Å². The van der Waals surface area contributed by atoms with E-state index >= 15 is 0 Å². The smallest absolute Gasteiger partial charge is 0.329 e. The fraction of sp³-hybridized carbons (Fsp3) is 0. The van der Waals surface area contributed by atoms with Gasteiger partial charge in [0.1, 0.15) is 0 Å². The Morgan fingerprint density at radius 3 is 1.30 bits per heavy atom. The van der Waals surface area contributed by atoms with Crippen LogP contribution >= 0.6 is 0 Å². The molecule has 5 nitrogen and oxygen atoms in total. The molecule has 4 aromatic heterocycles. The van der Waals surface area contributed by atoms with E-state index in [2.05, 4.69) is 124 Å². The van der Waals surface area contributed by atoms with Crippen LogP contribution in [-0.2, 0) is 0 Å². The number of hydrogen-bond donors (Lipinski definition) is 0. The number of pyridine rings is 4. The molecule has 10 rings (SSSR count). The molecule has 6 heterocycles. The molecule has 0 bridgehead atoms.